The highest BCUT2D eigenvalue weighted by Gasteiger charge is 2.40. The molecule has 1 aromatic heterocycles. The van der Waals surface area contributed by atoms with Gasteiger partial charge in [-0.15, -0.1) is 0 Å². The van der Waals surface area contributed by atoms with Crippen molar-refractivity contribution < 1.29 is 18.0 Å². The third-order valence-electron chi connectivity index (χ3n) is 3.67. The molecular weight excluding hydrogens is 281 g/mol. The molecule has 0 unspecified atom stereocenters. The number of amides is 1. The minimum Gasteiger partial charge on any atom is -0.361 e. The Kier molecular flexibility index (Phi) is 3.39. The van der Waals surface area contributed by atoms with Gasteiger partial charge in [0.25, 0.3) is 0 Å². The molecule has 1 amide bonds. The van der Waals surface area contributed by atoms with Gasteiger partial charge >= 0.3 is 6.18 Å². The summed E-state index contributed by atoms with van der Waals surface area (Å²) >= 11 is 0. The summed E-state index contributed by atoms with van der Waals surface area (Å²) in [6, 6.07) is 7.20. The molecule has 3 nitrogen and oxygen atoms in total. The molecule has 3 rings (SSSR count). The molecule has 1 aliphatic carbocycles. The van der Waals surface area contributed by atoms with Crippen molar-refractivity contribution in [1.82, 2.24) is 9.88 Å². The van der Waals surface area contributed by atoms with E-state index in [1.54, 1.807) is 6.20 Å². The van der Waals surface area contributed by atoms with Crippen molar-refractivity contribution in [1.29, 1.82) is 0 Å². The highest BCUT2D eigenvalue weighted by Crippen LogP contribution is 2.31. The smallest absolute Gasteiger partial charge is 0.361 e. The number of carbonyl (C=O) groups is 1. The minimum atomic E-state index is -4.35. The molecule has 1 saturated carbocycles. The van der Waals surface area contributed by atoms with E-state index in [9.17, 15) is 18.0 Å². The van der Waals surface area contributed by atoms with Crippen molar-refractivity contribution in [2.75, 3.05) is 6.54 Å². The van der Waals surface area contributed by atoms with E-state index in [0.717, 1.165) is 21.4 Å². The van der Waals surface area contributed by atoms with Crippen LogP contribution in [-0.2, 0) is 11.2 Å². The molecule has 1 N–H and O–H groups in total. The number of aromatic nitrogens is 1. The van der Waals surface area contributed by atoms with Crippen molar-refractivity contribution in [3.05, 3.63) is 36.0 Å². The zero-order valence-electron chi connectivity index (χ0n) is 11.3. The Labute approximate surface area is 119 Å². The fourth-order valence-electron chi connectivity index (χ4n) is 2.54. The van der Waals surface area contributed by atoms with Crippen LogP contribution in [0.15, 0.2) is 30.5 Å². The molecule has 1 aliphatic rings. The van der Waals surface area contributed by atoms with Gasteiger partial charge in [-0.3, -0.25) is 4.79 Å². The molecule has 1 heterocycles. The number of fused-ring (bicyclic) bond motifs is 1. The Morgan fingerprint density at radius 3 is 2.67 bits per heavy atom. The summed E-state index contributed by atoms with van der Waals surface area (Å²) in [5, 5.41) is 0.883. The molecule has 0 bridgehead atoms. The van der Waals surface area contributed by atoms with Crippen LogP contribution in [0.1, 0.15) is 18.4 Å². The molecule has 21 heavy (non-hydrogen) atoms. The zero-order chi connectivity index (χ0) is 15.0. The highest BCUT2D eigenvalue weighted by molar-refractivity contribution is 5.89. The molecule has 0 spiro atoms. The summed E-state index contributed by atoms with van der Waals surface area (Å²) < 4.78 is 37.8. The van der Waals surface area contributed by atoms with Crippen molar-refractivity contribution in [2.24, 2.45) is 0 Å². The van der Waals surface area contributed by atoms with Gasteiger partial charge in [-0.1, -0.05) is 18.2 Å². The van der Waals surface area contributed by atoms with Crippen molar-refractivity contribution in [3.63, 3.8) is 0 Å². The van der Waals surface area contributed by atoms with E-state index in [-0.39, 0.29) is 12.5 Å². The number of halogens is 3. The van der Waals surface area contributed by atoms with Crippen molar-refractivity contribution >= 4 is 16.8 Å². The first kappa shape index (κ1) is 14.0. The van der Waals surface area contributed by atoms with Crippen LogP contribution in [0.5, 0.6) is 0 Å². The lowest BCUT2D eigenvalue weighted by molar-refractivity contribution is -0.162. The van der Waals surface area contributed by atoms with E-state index in [1.165, 1.54) is 0 Å². The average Bonchev–Trinajstić information content (AvgIpc) is 3.18. The van der Waals surface area contributed by atoms with Crippen LogP contribution in [0.25, 0.3) is 10.9 Å². The van der Waals surface area contributed by atoms with E-state index in [0.29, 0.717) is 12.8 Å². The number of rotatable bonds is 4. The van der Waals surface area contributed by atoms with Gasteiger partial charge in [0.15, 0.2) is 0 Å². The lowest BCUT2D eigenvalue weighted by Crippen LogP contribution is -2.41. The first-order valence-electron chi connectivity index (χ1n) is 6.85. The highest BCUT2D eigenvalue weighted by atomic mass is 19.4. The fourth-order valence-corrected chi connectivity index (χ4v) is 2.54. The lowest BCUT2D eigenvalue weighted by Gasteiger charge is -2.23. The van der Waals surface area contributed by atoms with Gasteiger partial charge in [0, 0.05) is 23.1 Å². The summed E-state index contributed by atoms with van der Waals surface area (Å²) in [5.41, 5.74) is 1.62. The zero-order valence-corrected chi connectivity index (χ0v) is 11.3. The van der Waals surface area contributed by atoms with E-state index < -0.39 is 18.6 Å². The number of nitrogens with one attached hydrogen (secondary N) is 1. The third kappa shape index (κ3) is 3.20. The molecule has 0 atom stereocenters. The molecule has 112 valence electrons. The summed E-state index contributed by atoms with van der Waals surface area (Å²) in [6.45, 7) is -1.15. The summed E-state index contributed by atoms with van der Waals surface area (Å²) in [4.78, 5) is 16.2. The second-order valence-corrected chi connectivity index (χ2v) is 5.40. The quantitative estimate of drug-likeness (QED) is 0.923. The van der Waals surface area contributed by atoms with E-state index >= 15 is 0 Å². The summed E-state index contributed by atoms with van der Waals surface area (Å²) in [7, 11) is 0. The molecule has 0 radical (unpaired) electrons. The summed E-state index contributed by atoms with van der Waals surface area (Å²) in [5.74, 6) is -0.459. The normalized spacial score (nSPS) is 15.4. The van der Waals surface area contributed by atoms with Crippen LogP contribution in [-0.4, -0.2) is 34.6 Å². The second kappa shape index (κ2) is 5.09. The number of carbonyl (C=O) groups excluding carboxylic acids is 1. The number of nitrogens with zero attached hydrogens (tertiary/aromatic N) is 1. The average molecular weight is 296 g/mol. The Morgan fingerprint density at radius 1 is 1.29 bits per heavy atom. The number of H-pyrrole nitrogens is 1. The first-order chi connectivity index (χ1) is 9.94. The van der Waals surface area contributed by atoms with E-state index in [2.05, 4.69) is 4.98 Å². The van der Waals surface area contributed by atoms with Crippen LogP contribution >= 0.6 is 0 Å². The molecule has 0 saturated heterocycles. The molecular formula is C15H15F3N2O. The Morgan fingerprint density at radius 2 is 2.00 bits per heavy atom. The second-order valence-electron chi connectivity index (χ2n) is 5.40. The Bertz CT molecular complexity index is 658. The minimum absolute atomic E-state index is 0.00338. The van der Waals surface area contributed by atoms with Gasteiger partial charge in [-0.2, -0.15) is 13.2 Å². The Hall–Kier alpha value is -1.98. The maximum Gasteiger partial charge on any atom is 0.406 e. The summed E-state index contributed by atoms with van der Waals surface area (Å²) in [6.07, 6.45) is -1.33. The SMILES string of the molecule is O=C(Cc1c[nH]c2ccccc12)N(CC(F)(F)F)C1CC1. The molecule has 2 aromatic rings. The van der Waals surface area contributed by atoms with Crippen LogP contribution in [0.4, 0.5) is 13.2 Å². The predicted octanol–water partition coefficient (Wildman–Crippen LogP) is 3.26. The van der Waals surface area contributed by atoms with Gasteiger partial charge in [0.1, 0.15) is 6.54 Å². The van der Waals surface area contributed by atoms with Crippen LogP contribution in [0.3, 0.4) is 0 Å². The van der Waals surface area contributed by atoms with Crippen molar-refractivity contribution in [2.45, 2.75) is 31.5 Å². The van der Waals surface area contributed by atoms with E-state index in [1.807, 2.05) is 24.3 Å². The number of alkyl halides is 3. The largest absolute Gasteiger partial charge is 0.406 e. The standard InChI is InChI=1S/C15H15F3N2O/c16-15(17,18)9-20(11-5-6-11)14(21)7-10-8-19-13-4-2-1-3-12(10)13/h1-4,8,11,19H,5-7,9H2. The monoisotopic (exact) mass is 296 g/mol. The molecule has 1 fully saturated rings. The lowest BCUT2D eigenvalue weighted by atomic mass is 10.1. The molecule has 1 aromatic carbocycles. The number of aromatic amines is 1. The van der Waals surface area contributed by atoms with Crippen molar-refractivity contribution in [3.8, 4) is 0 Å². The Balaban J connectivity index is 1.78. The topological polar surface area (TPSA) is 36.1 Å². The van der Waals surface area contributed by atoms with Gasteiger partial charge in [0.05, 0.1) is 6.42 Å². The number of hydrogen-bond donors (Lipinski definition) is 1. The number of benzene rings is 1. The maximum atomic E-state index is 12.6. The molecule has 0 aliphatic heterocycles. The fraction of sp³-hybridized carbons (Fsp3) is 0.400. The van der Waals surface area contributed by atoms with Crippen LogP contribution in [0.2, 0.25) is 0 Å². The third-order valence-corrected chi connectivity index (χ3v) is 3.67. The first-order valence-corrected chi connectivity index (χ1v) is 6.85. The van der Waals surface area contributed by atoms with Crippen LogP contribution < -0.4 is 0 Å². The van der Waals surface area contributed by atoms with Gasteiger partial charge < -0.3 is 9.88 Å². The molecule has 6 heteroatoms. The van der Waals surface area contributed by atoms with Gasteiger partial charge in [-0.05, 0) is 24.5 Å². The van der Waals surface area contributed by atoms with E-state index in [4.69, 9.17) is 0 Å². The maximum absolute atomic E-state index is 12.6. The van der Waals surface area contributed by atoms with Gasteiger partial charge in [0.2, 0.25) is 5.91 Å². The number of para-hydroxylation sites is 1. The van der Waals surface area contributed by atoms with Crippen LogP contribution in [0, 0.1) is 0 Å². The van der Waals surface area contributed by atoms with Gasteiger partial charge in [-0.25, -0.2) is 0 Å². The number of hydrogen-bond acceptors (Lipinski definition) is 1. The predicted molar refractivity (Wildman–Crippen MR) is 72.8 cm³/mol.